The summed E-state index contributed by atoms with van der Waals surface area (Å²) in [7, 11) is -1.19. The van der Waals surface area contributed by atoms with Crippen molar-refractivity contribution in [2.75, 3.05) is 6.26 Å². The van der Waals surface area contributed by atoms with Gasteiger partial charge in [0.05, 0.1) is 16.5 Å². The van der Waals surface area contributed by atoms with Crippen molar-refractivity contribution in [1.29, 1.82) is 0 Å². The molecule has 0 aliphatic carbocycles. The third-order valence-electron chi connectivity index (χ3n) is 3.24. The molecule has 1 atom stereocenters. The van der Waals surface area contributed by atoms with E-state index in [9.17, 15) is 4.21 Å². The van der Waals surface area contributed by atoms with E-state index in [0.29, 0.717) is 5.03 Å². The van der Waals surface area contributed by atoms with Crippen molar-refractivity contribution in [2.24, 2.45) is 0 Å². The molecule has 1 unspecified atom stereocenters. The maximum Gasteiger partial charge on any atom is 0.177 e. The van der Waals surface area contributed by atoms with Crippen molar-refractivity contribution in [3.05, 3.63) is 60.2 Å². The molecule has 0 saturated carbocycles. The lowest BCUT2D eigenvalue weighted by molar-refractivity contribution is 0.683. The third-order valence-corrected chi connectivity index (χ3v) is 4.06. The van der Waals surface area contributed by atoms with E-state index in [1.54, 1.807) is 10.9 Å². The van der Waals surface area contributed by atoms with Gasteiger partial charge in [0.25, 0.3) is 0 Å². The second kappa shape index (κ2) is 5.61. The summed E-state index contributed by atoms with van der Waals surface area (Å²) < 4.78 is 13.7. The summed E-state index contributed by atoms with van der Waals surface area (Å²) in [4.78, 5) is 0. The standard InChI is InChI=1S/C16H15N3OS/c1-12-8-10-13(11-9-12)15-16(21(2)20)17-18-19(15)14-6-4-3-5-7-14/h3-11H,1-2H3. The Morgan fingerprint density at radius 2 is 1.67 bits per heavy atom. The number of aryl methyl sites for hydroxylation is 1. The van der Waals surface area contributed by atoms with E-state index in [1.807, 2.05) is 61.5 Å². The van der Waals surface area contributed by atoms with Crippen LogP contribution in [0.5, 0.6) is 0 Å². The maximum atomic E-state index is 11.9. The molecule has 0 bridgehead atoms. The molecule has 0 aliphatic heterocycles. The van der Waals surface area contributed by atoms with Crippen molar-refractivity contribution in [3.8, 4) is 16.9 Å². The highest BCUT2D eigenvalue weighted by Crippen LogP contribution is 2.27. The van der Waals surface area contributed by atoms with E-state index in [-0.39, 0.29) is 0 Å². The lowest BCUT2D eigenvalue weighted by Gasteiger charge is -2.08. The first-order valence-corrected chi connectivity index (χ1v) is 8.14. The fraction of sp³-hybridized carbons (Fsp3) is 0.125. The van der Waals surface area contributed by atoms with Gasteiger partial charge in [-0.2, -0.15) is 0 Å². The predicted molar refractivity (Wildman–Crippen MR) is 83.9 cm³/mol. The van der Waals surface area contributed by atoms with Crippen molar-refractivity contribution >= 4 is 10.8 Å². The zero-order valence-electron chi connectivity index (χ0n) is 11.9. The van der Waals surface area contributed by atoms with Crippen LogP contribution < -0.4 is 0 Å². The van der Waals surface area contributed by atoms with Crippen molar-refractivity contribution in [2.45, 2.75) is 11.9 Å². The number of hydrogen-bond donors (Lipinski definition) is 0. The Morgan fingerprint density at radius 1 is 1.00 bits per heavy atom. The van der Waals surface area contributed by atoms with Gasteiger partial charge in [0.2, 0.25) is 0 Å². The van der Waals surface area contributed by atoms with E-state index < -0.39 is 10.8 Å². The van der Waals surface area contributed by atoms with Crippen molar-refractivity contribution in [1.82, 2.24) is 15.0 Å². The minimum Gasteiger partial charge on any atom is -0.253 e. The van der Waals surface area contributed by atoms with Crippen molar-refractivity contribution < 1.29 is 4.21 Å². The minimum absolute atomic E-state index is 0.503. The first kappa shape index (κ1) is 13.7. The molecular formula is C16H15N3OS. The van der Waals surface area contributed by atoms with Gasteiger partial charge in [-0.05, 0) is 19.1 Å². The molecule has 3 aromatic rings. The summed E-state index contributed by atoms with van der Waals surface area (Å²) in [5.74, 6) is 0. The summed E-state index contributed by atoms with van der Waals surface area (Å²) in [6.07, 6.45) is 1.62. The van der Waals surface area contributed by atoms with Gasteiger partial charge < -0.3 is 0 Å². The fourth-order valence-corrected chi connectivity index (χ4v) is 2.80. The molecule has 106 valence electrons. The second-order valence-electron chi connectivity index (χ2n) is 4.81. The normalized spacial score (nSPS) is 12.3. The molecule has 0 saturated heterocycles. The van der Waals surface area contributed by atoms with Crippen LogP contribution in [0.4, 0.5) is 0 Å². The van der Waals surface area contributed by atoms with Gasteiger partial charge in [-0.1, -0.05) is 53.2 Å². The fourth-order valence-electron chi connectivity index (χ4n) is 2.17. The lowest BCUT2D eigenvalue weighted by atomic mass is 10.1. The highest BCUT2D eigenvalue weighted by atomic mass is 32.2. The van der Waals surface area contributed by atoms with Crippen LogP contribution in [0.2, 0.25) is 0 Å². The highest BCUT2D eigenvalue weighted by molar-refractivity contribution is 7.84. The molecule has 0 spiro atoms. The summed E-state index contributed by atoms with van der Waals surface area (Å²) in [5, 5.41) is 8.79. The molecule has 3 rings (SSSR count). The third kappa shape index (κ3) is 2.64. The smallest absolute Gasteiger partial charge is 0.177 e. The highest BCUT2D eigenvalue weighted by Gasteiger charge is 2.18. The van der Waals surface area contributed by atoms with Crippen molar-refractivity contribution in [3.63, 3.8) is 0 Å². The molecule has 4 nitrogen and oxygen atoms in total. The molecule has 0 aliphatic rings. The molecule has 0 radical (unpaired) electrons. The molecule has 0 fully saturated rings. The number of para-hydroxylation sites is 1. The zero-order valence-corrected chi connectivity index (χ0v) is 12.7. The van der Waals surface area contributed by atoms with Gasteiger partial charge >= 0.3 is 0 Å². The second-order valence-corrected chi connectivity index (χ2v) is 6.11. The Balaban J connectivity index is 2.23. The average Bonchev–Trinajstić information content (AvgIpc) is 2.94. The molecular weight excluding hydrogens is 282 g/mol. The summed E-state index contributed by atoms with van der Waals surface area (Å²) >= 11 is 0. The largest absolute Gasteiger partial charge is 0.253 e. The number of hydrogen-bond acceptors (Lipinski definition) is 3. The van der Waals surface area contributed by atoms with Gasteiger partial charge in [-0.15, -0.1) is 5.10 Å². The summed E-state index contributed by atoms with van der Waals surface area (Å²) in [6.45, 7) is 2.04. The Kier molecular flexibility index (Phi) is 3.66. The van der Waals surface area contributed by atoms with Gasteiger partial charge in [-0.3, -0.25) is 4.21 Å². The van der Waals surface area contributed by atoms with E-state index in [0.717, 1.165) is 16.9 Å². The van der Waals surface area contributed by atoms with E-state index in [1.165, 1.54) is 5.56 Å². The maximum absolute atomic E-state index is 11.9. The van der Waals surface area contributed by atoms with Crippen LogP contribution in [-0.2, 0) is 10.8 Å². The van der Waals surface area contributed by atoms with Crippen LogP contribution in [0, 0.1) is 6.92 Å². The van der Waals surface area contributed by atoms with Gasteiger partial charge in [0.1, 0.15) is 5.69 Å². The van der Waals surface area contributed by atoms with E-state index in [4.69, 9.17) is 0 Å². The van der Waals surface area contributed by atoms with Gasteiger partial charge in [0, 0.05) is 11.8 Å². The quantitative estimate of drug-likeness (QED) is 0.746. The minimum atomic E-state index is -1.19. The monoisotopic (exact) mass is 297 g/mol. The number of aromatic nitrogens is 3. The molecule has 21 heavy (non-hydrogen) atoms. The van der Waals surface area contributed by atoms with E-state index >= 15 is 0 Å². The number of benzene rings is 2. The van der Waals surface area contributed by atoms with Crippen LogP contribution in [0.1, 0.15) is 5.56 Å². The molecule has 5 heteroatoms. The van der Waals surface area contributed by atoms with Crippen LogP contribution in [0.25, 0.3) is 16.9 Å². The van der Waals surface area contributed by atoms with Gasteiger partial charge in [0.15, 0.2) is 5.03 Å². The molecule has 1 aromatic heterocycles. The van der Waals surface area contributed by atoms with Crippen LogP contribution in [-0.4, -0.2) is 25.5 Å². The Hall–Kier alpha value is -2.27. The predicted octanol–water partition coefficient (Wildman–Crippen LogP) is 2.98. The molecule has 1 heterocycles. The Bertz CT molecular complexity index is 779. The average molecular weight is 297 g/mol. The first-order chi connectivity index (χ1) is 10.2. The Morgan fingerprint density at radius 3 is 2.29 bits per heavy atom. The zero-order chi connectivity index (χ0) is 14.8. The molecule has 2 aromatic carbocycles. The topological polar surface area (TPSA) is 47.8 Å². The Labute approximate surface area is 125 Å². The SMILES string of the molecule is Cc1ccc(-c2c(S(C)=O)nnn2-c2ccccc2)cc1. The first-order valence-electron chi connectivity index (χ1n) is 6.58. The van der Waals surface area contributed by atoms with E-state index in [2.05, 4.69) is 10.3 Å². The van der Waals surface area contributed by atoms with Crippen LogP contribution >= 0.6 is 0 Å². The summed E-state index contributed by atoms with van der Waals surface area (Å²) in [5.41, 5.74) is 3.82. The lowest BCUT2D eigenvalue weighted by Crippen LogP contribution is -2.00. The molecule has 0 N–H and O–H groups in total. The van der Waals surface area contributed by atoms with Gasteiger partial charge in [-0.25, -0.2) is 4.68 Å². The summed E-state index contributed by atoms with van der Waals surface area (Å²) in [6, 6.07) is 17.8. The van der Waals surface area contributed by atoms with Crippen LogP contribution in [0.15, 0.2) is 59.6 Å². The number of rotatable bonds is 3. The van der Waals surface area contributed by atoms with Crippen LogP contribution in [0.3, 0.4) is 0 Å². The molecule has 0 amide bonds. The number of nitrogens with zero attached hydrogens (tertiary/aromatic N) is 3.